The van der Waals surface area contributed by atoms with Gasteiger partial charge in [-0.3, -0.25) is 4.79 Å². The SMILES string of the molecule is CC(=O)Nc1ccc(NC(=O)N2CCN(c3c(C)cccc3C)CC2)cc1. The Bertz CT molecular complexity index is 804. The highest BCUT2D eigenvalue weighted by atomic mass is 16.2. The summed E-state index contributed by atoms with van der Waals surface area (Å²) in [5.74, 6) is -0.117. The van der Waals surface area contributed by atoms with Crippen molar-refractivity contribution in [1.29, 1.82) is 0 Å². The van der Waals surface area contributed by atoms with E-state index in [0.717, 1.165) is 13.1 Å². The Labute approximate surface area is 160 Å². The number of carbonyl (C=O) groups excluding carboxylic acids is 2. The molecule has 142 valence electrons. The number of aryl methyl sites for hydroxylation is 2. The van der Waals surface area contributed by atoms with Crippen LogP contribution in [0.2, 0.25) is 0 Å². The minimum absolute atomic E-state index is 0.0940. The van der Waals surface area contributed by atoms with Crippen LogP contribution in [0.5, 0.6) is 0 Å². The van der Waals surface area contributed by atoms with Gasteiger partial charge < -0.3 is 20.4 Å². The van der Waals surface area contributed by atoms with E-state index < -0.39 is 0 Å². The molecule has 0 unspecified atom stereocenters. The zero-order valence-corrected chi connectivity index (χ0v) is 16.1. The molecule has 1 heterocycles. The van der Waals surface area contributed by atoms with Crippen molar-refractivity contribution < 1.29 is 9.59 Å². The van der Waals surface area contributed by atoms with Crippen molar-refractivity contribution in [3.63, 3.8) is 0 Å². The van der Waals surface area contributed by atoms with Crippen molar-refractivity contribution in [3.05, 3.63) is 53.6 Å². The number of rotatable bonds is 3. The Morgan fingerprint density at radius 3 is 1.85 bits per heavy atom. The number of carbonyl (C=O) groups is 2. The van der Waals surface area contributed by atoms with Crippen molar-refractivity contribution in [1.82, 2.24) is 4.90 Å². The van der Waals surface area contributed by atoms with Gasteiger partial charge in [-0.25, -0.2) is 4.79 Å². The lowest BCUT2D eigenvalue weighted by atomic mass is 10.1. The van der Waals surface area contributed by atoms with Gasteiger partial charge >= 0.3 is 6.03 Å². The number of anilines is 3. The maximum Gasteiger partial charge on any atom is 0.321 e. The molecule has 0 aromatic heterocycles. The van der Waals surface area contributed by atoms with E-state index in [2.05, 4.69) is 47.6 Å². The third kappa shape index (κ3) is 4.58. The summed E-state index contributed by atoms with van der Waals surface area (Å²) in [6.07, 6.45) is 0. The molecule has 3 rings (SSSR count). The second-order valence-corrected chi connectivity index (χ2v) is 6.90. The summed E-state index contributed by atoms with van der Waals surface area (Å²) < 4.78 is 0. The van der Waals surface area contributed by atoms with Crippen molar-refractivity contribution in [2.24, 2.45) is 0 Å². The predicted octanol–water partition coefficient (Wildman–Crippen LogP) is 3.62. The van der Waals surface area contributed by atoms with Crippen molar-refractivity contribution in [2.75, 3.05) is 41.7 Å². The van der Waals surface area contributed by atoms with Crippen LogP contribution in [-0.2, 0) is 4.79 Å². The zero-order chi connectivity index (χ0) is 19.4. The van der Waals surface area contributed by atoms with Crippen LogP contribution in [-0.4, -0.2) is 43.0 Å². The normalized spacial score (nSPS) is 14.0. The number of urea groups is 1. The fourth-order valence-corrected chi connectivity index (χ4v) is 3.48. The van der Waals surface area contributed by atoms with Crippen LogP contribution >= 0.6 is 0 Å². The van der Waals surface area contributed by atoms with Crippen LogP contribution in [0.25, 0.3) is 0 Å². The first-order valence-corrected chi connectivity index (χ1v) is 9.19. The molecule has 2 aromatic carbocycles. The Hall–Kier alpha value is -3.02. The van der Waals surface area contributed by atoms with E-state index in [1.807, 2.05) is 4.90 Å². The molecule has 0 spiro atoms. The van der Waals surface area contributed by atoms with Crippen LogP contribution in [0.4, 0.5) is 21.9 Å². The Kier molecular flexibility index (Phi) is 5.64. The van der Waals surface area contributed by atoms with Gasteiger partial charge in [0, 0.05) is 50.2 Å². The second kappa shape index (κ2) is 8.12. The molecule has 3 amide bonds. The fourth-order valence-electron chi connectivity index (χ4n) is 3.48. The van der Waals surface area contributed by atoms with Crippen molar-refractivity contribution >= 4 is 29.0 Å². The molecule has 1 aliphatic heterocycles. The first-order valence-electron chi connectivity index (χ1n) is 9.19. The van der Waals surface area contributed by atoms with Crippen molar-refractivity contribution in [3.8, 4) is 0 Å². The van der Waals surface area contributed by atoms with E-state index in [1.54, 1.807) is 24.3 Å². The van der Waals surface area contributed by atoms with E-state index in [9.17, 15) is 9.59 Å². The number of benzene rings is 2. The molecule has 2 N–H and O–H groups in total. The molecule has 27 heavy (non-hydrogen) atoms. The lowest BCUT2D eigenvalue weighted by Gasteiger charge is -2.37. The summed E-state index contributed by atoms with van der Waals surface area (Å²) in [5.41, 5.74) is 5.25. The van der Waals surface area contributed by atoms with Crippen LogP contribution in [0, 0.1) is 13.8 Å². The van der Waals surface area contributed by atoms with E-state index >= 15 is 0 Å². The molecule has 6 nitrogen and oxygen atoms in total. The molecule has 0 atom stereocenters. The molecule has 0 saturated carbocycles. The average Bonchev–Trinajstić information content (AvgIpc) is 2.63. The molecule has 1 aliphatic rings. The molecule has 0 aliphatic carbocycles. The third-order valence-corrected chi connectivity index (χ3v) is 4.78. The topological polar surface area (TPSA) is 64.7 Å². The summed E-state index contributed by atoms with van der Waals surface area (Å²) >= 11 is 0. The lowest BCUT2D eigenvalue weighted by molar-refractivity contribution is -0.114. The number of amides is 3. The average molecular weight is 366 g/mol. The van der Waals surface area contributed by atoms with Gasteiger partial charge in [0.1, 0.15) is 0 Å². The highest BCUT2D eigenvalue weighted by molar-refractivity contribution is 5.91. The van der Waals surface area contributed by atoms with Gasteiger partial charge in [0.15, 0.2) is 0 Å². The summed E-state index contributed by atoms with van der Waals surface area (Å²) in [6, 6.07) is 13.4. The Morgan fingerprint density at radius 2 is 1.33 bits per heavy atom. The summed E-state index contributed by atoms with van der Waals surface area (Å²) in [5, 5.41) is 5.64. The van der Waals surface area contributed by atoms with Gasteiger partial charge in [-0.2, -0.15) is 0 Å². The smallest absolute Gasteiger partial charge is 0.321 e. The first-order chi connectivity index (χ1) is 12.9. The molecule has 1 saturated heterocycles. The highest BCUT2D eigenvalue weighted by Crippen LogP contribution is 2.25. The molecule has 1 fully saturated rings. The largest absolute Gasteiger partial charge is 0.368 e. The Balaban J connectivity index is 1.56. The molecule has 0 radical (unpaired) electrons. The third-order valence-electron chi connectivity index (χ3n) is 4.78. The van der Waals surface area contributed by atoms with Crippen molar-refractivity contribution in [2.45, 2.75) is 20.8 Å². The van der Waals surface area contributed by atoms with E-state index in [1.165, 1.54) is 23.7 Å². The number of piperazine rings is 1. The van der Waals surface area contributed by atoms with Crippen LogP contribution < -0.4 is 15.5 Å². The fraction of sp³-hybridized carbons (Fsp3) is 0.333. The van der Waals surface area contributed by atoms with Crippen LogP contribution in [0.1, 0.15) is 18.1 Å². The summed E-state index contributed by atoms with van der Waals surface area (Å²) in [4.78, 5) is 27.8. The summed E-state index contributed by atoms with van der Waals surface area (Å²) in [7, 11) is 0. The van der Waals surface area contributed by atoms with Gasteiger partial charge in [-0.05, 0) is 49.2 Å². The van der Waals surface area contributed by atoms with Crippen LogP contribution in [0.15, 0.2) is 42.5 Å². The molecule has 2 aromatic rings. The standard InChI is InChI=1S/C21H26N4O2/c1-15-5-4-6-16(2)20(15)24-11-13-25(14-12-24)21(27)23-19-9-7-18(8-10-19)22-17(3)26/h4-10H,11-14H2,1-3H3,(H,22,26)(H,23,27). The maximum absolute atomic E-state index is 12.5. The van der Waals surface area contributed by atoms with Gasteiger partial charge in [0.05, 0.1) is 0 Å². The maximum atomic E-state index is 12.5. The van der Waals surface area contributed by atoms with Gasteiger partial charge in [0.25, 0.3) is 0 Å². The highest BCUT2D eigenvalue weighted by Gasteiger charge is 2.23. The zero-order valence-electron chi connectivity index (χ0n) is 16.1. The van der Waals surface area contributed by atoms with E-state index in [-0.39, 0.29) is 11.9 Å². The second-order valence-electron chi connectivity index (χ2n) is 6.90. The molecular weight excluding hydrogens is 340 g/mol. The first kappa shape index (κ1) is 18.8. The van der Waals surface area contributed by atoms with Gasteiger partial charge in [-0.1, -0.05) is 18.2 Å². The minimum atomic E-state index is -0.117. The molecule has 6 heteroatoms. The summed E-state index contributed by atoms with van der Waals surface area (Å²) in [6.45, 7) is 8.74. The lowest BCUT2D eigenvalue weighted by Crippen LogP contribution is -2.50. The van der Waals surface area contributed by atoms with Gasteiger partial charge in [-0.15, -0.1) is 0 Å². The number of nitrogens with zero attached hydrogens (tertiary/aromatic N) is 2. The minimum Gasteiger partial charge on any atom is -0.368 e. The molecule has 0 bridgehead atoms. The number of hydrogen-bond donors (Lipinski definition) is 2. The Morgan fingerprint density at radius 1 is 0.815 bits per heavy atom. The van der Waals surface area contributed by atoms with E-state index in [4.69, 9.17) is 0 Å². The number of hydrogen-bond acceptors (Lipinski definition) is 3. The van der Waals surface area contributed by atoms with Crippen LogP contribution in [0.3, 0.4) is 0 Å². The monoisotopic (exact) mass is 366 g/mol. The van der Waals surface area contributed by atoms with E-state index in [0.29, 0.717) is 24.5 Å². The number of para-hydroxylation sites is 1. The predicted molar refractivity (Wildman–Crippen MR) is 109 cm³/mol. The quantitative estimate of drug-likeness (QED) is 0.872. The number of nitrogens with one attached hydrogen (secondary N) is 2. The molecular formula is C21H26N4O2. The van der Waals surface area contributed by atoms with Gasteiger partial charge in [0.2, 0.25) is 5.91 Å².